The lowest BCUT2D eigenvalue weighted by Gasteiger charge is -2.13. The predicted molar refractivity (Wildman–Crippen MR) is 114 cm³/mol. The first-order chi connectivity index (χ1) is 14.6. The average molecular weight is 461 g/mol. The minimum atomic E-state index is -3.79. The van der Waals surface area contributed by atoms with E-state index in [1.54, 1.807) is 24.3 Å². The molecule has 0 saturated heterocycles. The number of aromatic amines is 1. The summed E-state index contributed by atoms with van der Waals surface area (Å²) < 4.78 is 30.6. The van der Waals surface area contributed by atoms with Crippen LogP contribution in [0.25, 0.3) is 16.6 Å². The van der Waals surface area contributed by atoms with E-state index in [0.717, 1.165) is 10.4 Å². The molecule has 0 spiro atoms. The van der Waals surface area contributed by atoms with Crippen molar-refractivity contribution >= 4 is 44.2 Å². The molecule has 1 heterocycles. The molecule has 0 fully saturated rings. The highest BCUT2D eigenvalue weighted by atomic mass is 35.5. The summed E-state index contributed by atoms with van der Waals surface area (Å²) in [6, 6.07) is 12.5. The largest absolute Gasteiger partial charge is 0.507 e. The Balaban J connectivity index is 1.84. The number of nitrogens with zero attached hydrogens (tertiary/aromatic N) is 3. The van der Waals surface area contributed by atoms with E-state index in [1.807, 2.05) is 6.07 Å². The molecule has 11 heteroatoms. The third-order valence-electron chi connectivity index (χ3n) is 4.30. The van der Waals surface area contributed by atoms with Crippen molar-refractivity contribution in [1.29, 1.82) is 5.26 Å². The van der Waals surface area contributed by atoms with Crippen LogP contribution in [0, 0.1) is 11.3 Å². The smallest absolute Gasteiger partial charge is 0.340 e. The van der Waals surface area contributed by atoms with Crippen LogP contribution in [0.15, 0.2) is 53.1 Å². The zero-order valence-corrected chi connectivity index (χ0v) is 18.0. The van der Waals surface area contributed by atoms with E-state index in [9.17, 15) is 23.6 Å². The molecule has 0 bridgehead atoms. The van der Waals surface area contributed by atoms with E-state index in [-0.39, 0.29) is 26.9 Å². The standard InChI is InChI=1S/C20H17ClN4O5S/c1-25(2)31(28,29)12-7-8-15(21)13(9-12)20(27)30-11-18(26)14(10-22)19-23-16-5-3-4-6-17(16)24-19/h3-9,26H,11H2,1-2H3,(H,23,24)/b18-14-. The van der Waals surface area contributed by atoms with Gasteiger partial charge in [0.25, 0.3) is 0 Å². The SMILES string of the molecule is CN(C)S(=O)(=O)c1ccc(Cl)c(C(=O)OC/C(O)=C(\C#N)c2nc3ccccc3[nH]2)c1. The summed E-state index contributed by atoms with van der Waals surface area (Å²) in [4.78, 5) is 19.4. The highest BCUT2D eigenvalue weighted by Crippen LogP contribution is 2.24. The number of esters is 1. The van der Waals surface area contributed by atoms with Gasteiger partial charge in [-0.2, -0.15) is 5.26 Å². The van der Waals surface area contributed by atoms with Crippen LogP contribution in [0.5, 0.6) is 0 Å². The van der Waals surface area contributed by atoms with Crippen molar-refractivity contribution < 1.29 is 23.1 Å². The summed E-state index contributed by atoms with van der Waals surface area (Å²) in [7, 11) is -1.09. The van der Waals surface area contributed by atoms with Crippen LogP contribution in [-0.4, -0.2) is 54.5 Å². The molecule has 2 aromatic carbocycles. The van der Waals surface area contributed by atoms with Gasteiger partial charge in [-0.15, -0.1) is 0 Å². The van der Waals surface area contributed by atoms with E-state index < -0.39 is 28.4 Å². The number of benzene rings is 2. The highest BCUT2D eigenvalue weighted by Gasteiger charge is 2.22. The Hall–Kier alpha value is -3.39. The van der Waals surface area contributed by atoms with Gasteiger partial charge in [0, 0.05) is 14.1 Å². The van der Waals surface area contributed by atoms with Crippen LogP contribution >= 0.6 is 11.6 Å². The summed E-state index contributed by atoms with van der Waals surface area (Å²) in [6.45, 7) is -0.639. The van der Waals surface area contributed by atoms with Crippen molar-refractivity contribution in [3.63, 3.8) is 0 Å². The van der Waals surface area contributed by atoms with Gasteiger partial charge in [-0.3, -0.25) is 0 Å². The third-order valence-corrected chi connectivity index (χ3v) is 6.44. The molecule has 0 radical (unpaired) electrons. The first-order valence-corrected chi connectivity index (χ1v) is 10.6. The summed E-state index contributed by atoms with van der Waals surface area (Å²) in [6.07, 6.45) is 0. The molecule has 2 N–H and O–H groups in total. The second-order valence-corrected chi connectivity index (χ2v) is 9.10. The number of nitriles is 1. The number of ether oxygens (including phenoxy) is 1. The van der Waals surface area contributed by atoms with Gasteiger partial charge in [-0.1, -0.05) is 23.7 Å². The van der Waals surface area contributed by atoms with Crippen molar-refractivity contribution in [2.45, 2.75) is 4.90 Å². The number of H-pyrrole nitrogens is 1. The number of sulfonamides is 1. The second kappa shape index (κ2) is 8.77. The fraction of sp³-hybridized carbons (Fsp3) is 0.150. The fourth-order valence-electron chi connectivity index (χ4n) is 2.64. The first-order valence-electron chi connectivity index (χ1n) is 8.81. The van der Waals surface area contributed by atoms with E-state index in [4.69, 9.17) is 16.3 Å². The Morgan fingerprint density at radius 2 is 2.00 bits per heavy atom. The Morgan fingerprint density at radius 1 is 1.29 bits per heavy atom. The number of para-hydroxylation sites is 2. The molecule has 0 aliphatic heterocycles. The number of nitrogens with one attached hydrogen (secondary N) is 1. The molecule has 0 atom stereocenters. The lowest BCUT2D eigenvalue weighted by molar-refractivity contribution is 0.0502. The maximum Gasteiger partial charge on any atom is 0.340 e. The van der Waals surface area contributed by atoms with Crippen LogP contribution in [0.1, 0.15) is 16.2 Å². The summed E-state index contributed by atoms with van der Waals surface area (Å²) >= 11 is 6.02. The van der Waals surface area contributed by atoms with Crippen molar-refractivity contribution in [3.8, 4) is 6.07 Å². The highest BCUT2D eigenvalue weighted by molar-refractivity contribution is 7.89. The molecule has 0 amide bonds. The topological polar surface area (TPSA) is 136 Å². The lowest BCUT2D eigenvalue weighted by Crippen LogP contribution is -2.22. The molecule has 3 aromatic rings. The molecule has 3 rings (SSSR count). The second-order valence-electron chi connectivity index (χ2n) is 6.54. The van der Waals surface area contributed by atoms with E-state index >= 15 is 0 Å². The number of carbonyl (C=O) groups excluding carboxylic acids is 1. The van der Waals surface area contributed by atoms with Crippen molar-refractivity contribution in [2.24, 2.45) is 0 Å². The summed E-state index contributed by atoms with van der Waals surface area (Å²) in [5.41, 5.74) is 0.875. The molecular weight excluding hydrogens is 444 g/mol. The molecule has 0 unspecified atom stereocenters. The number of aromatic nitrogens is 2. The molecule has 0 aliphatic rings. The zero-order valence-electron chi connectivity index (χ0n) is 16.5. The molecule has 0 aliphatic carbocycles. The zero-order chi connectivity index (χ0) is 22.8. The van der Waals surface area contributed by atoms with E-state index in [1.165, 1.54) is 26.2 Å². The van der Waals surface area contributed by atoms with Crippen molar-refractivity contribution in [1.82, 2.24) is 14.3 Å². The number of carbonyl (C=O) groups is 1. The van der Waals surface area contributed by atoms with Gasteiger partial charge in [0.15, 0.2) is 11.6 Å². The van der Waals surface area contributed by atoms with Crippen LogP contribution in [0.2, 0.25) is 5.02 Å². The van der Waals surface area contributed by atoms with Crippen LogP contribution in [0.4, 0.5) is 0 Å². The maximum atomic E-state index is 12.5. The molecular formula is C20H17ClN4O5S. The number of aliphatic hydroxyl groups excluding tert-OH is 1. The number of fused-ring (bicyclic) bond motifs is 1. The predicted octanol–water partition coefficient (Wildman–Crippen LogP) is 3.12. The number of hydrogen-bond acceptors (Lipinski definition) is 7. The molecule has 31 heavy (non-hydrogen) atoms. The Labute approximate surface area is 183 Å². The van der Waals surface area contributed by atoms with Crippen LogP contribution < -0.4 is 0 Å². The van der Waals surface area contributed by atoms with E-state index in [2.05, 4.69) is 9.97 Å². The number of aliphatic hydroxyl groups is 1. The number of rotatable bonds is 6. The number of hydrogen-bond donors (Lipinski definition) is 2. The minimum absolute atomic E-state index is 0.0241. The van der Waals surface area contributed by atoms with Gasteiger partial charge in [-0.25, -0.2) is 22.5 Å². The minimum Gasteiger partial charge on any atom is -0.507 e. The average Bonchev–Trinajstić information content (AvgIpc) is 3.16. The number of allylic oxidation sites excluding steroid dienone is 1. The van der Waals surface area contributed by atoms with Gasteiger partial charge in [0.2, 0.25) is 10.0 Å². The fourth-order valence-corrected chi connectivity index (χ4v) is 3.76. The monoisotopic (exact) mass is 460 g/mol. The molecule has 160 valence electrons. The van der Waals surface area contributed by atoms with Gasteiger partial charge >= 0.3 is 5.97 Å². The Morgan fingerprint density at radius 3 is 2.65 bits per heavy atom. The van der Waals surface area contributed by atoms with Gasteiger partial charge in [0.1, 0.15) is 18.2 Å². The van der Waals surface area contributed by atoms with Crippen LogP contribution in [0.3, 0.4) is 0 Å². The van der Waals surface area contributed by atoms with E-state index in [0.29, 0.717) is 11.0 Å². The number of imidazole rings is 1. The normalized spacial score (nSPS) is 12.5. The van der Waals surface area contributed by atoms with Gasteiger partial charge in [-0.05, 0) is 30.3 Å². The van der Waals surface area contributed by atoms with Crippen LogP contribution in [-0.2, 0) is 14.8 Å². The molecule has 9 nitrogen and oxygen atoms in total. The number of halogens is 1. The lowest BCUT2D eigenvalue weighted by atomic mass is 10.2. The molecule has 0 saturated carbocycles. The van der Waals surface area contributed by atoms with Crippen molar-refractivity contribution in [3.05, 3.63) is 64.6 Å². The quantitative estimate of drug-likeness (QED) is 0.327. The summed E-state index contributed by atoms with van der Waals surface area (Å²) in [5.74, 6) is -1.37. The maximum absolute atomic E-state index is 12.5. The summed E-state index contributed by atoms with van der Waals surface area (Å²) in [5, 5.41) is 19.7. The first kappa shape index (κ1) is 22.3. The Bertz CT molecular complexity index is 1310. The van der Waals surface area contributed by atoms with Gasteiger partial charge < -0.3 is 14.8 Å². The third kappa shape index (κ3) is 4.54. The molecule has 1 aromatic heterocycles. The Kier molecular flexibility index (Phi) is 6.31. The van der Waals surface area contributed by atoms with Gasteiger partial charge in [0.05, 0.1) is 26.5 Å². The van der Waals surface area contributed by atoms with Crippen molar-refractivity contribution in [2.75, 3.05) is 20.7 Å².